The Bertz CT molecular complexity index is 467. The molecule has 0 aromatic carbocycles. The third-order valence-corrected chi connectivity index (χ3v) is 2.63. The van der Waals surface area contributed by atoms with Gasteiger partial charge in [-0.2, -0.15) is 11.3 Å². The summed E-state index contributed by atoms with van der Waals surface area (Å²) in [6, 6.07) is 3.52. The first kappa shape index (κ1) is 9.79. The van der Waals surface area contributed by atoms with Gasteiger partial charge in [0.1, 0.15) is 11.5 Å². The van der Waals surface area contributed by atoms with E-state index < -0.39 is 5.91 Å². The van der Waals surface area contributed by atoms with E-state index in [0.717, 1.165) is 5.56 Å². The summed E-state index contributed by atoms with van der Waals surface area (Å²) in [7, 11) is 0. The number of hydrogen-bond donors (Lipinski definition) is 1. The number of amides is 1. The summed E-state index contributed by atoms with van der Waals surface area (Å²) in [4.78, 5) is 19.0. The maximum absolute atomic E-state index is 10.9. The predicted octanol–water partition coefficient (Wildman–Crippen LogP) is 1.23. The maximum atomic E-state index is 10.9. The van der Waals surface area contributed by atoms with Gasteiger partial charge in [0.25, 0.3) is 5.91 Å². The van der Waals surface area contributed by atoms with E-state index in [-0.39, 0.29) is 5.69 Å². The Morgan fingerprint density at radius 3 is 3.00 bits per heavy atom. The predicted molar refractivity (Wildman–Crippen MR) is 57.7 cm³/mol. The van der Waals surface area contributed by atoms with Crippen LogP contribution in [-0.2, 0) is 6.42 Å². The van der Waals surface area contributed by atoms with Gasteiger partial charge in [0.2, 0.25) is 0 Å². The van der Waals surface area contributed by atoms with Gasteiger partial charge in [-0.3, -0.25) is 4.79 Å². The molecule has 76 valence electrons. The van der Waals surface area contributed by atoms with Crippen molar-refractivity contribution in [2.24, 2.45) is 5.73 Å². The average Bonchev–Trinajstić information content (AvgIpc) is 2.71. The Hall–Kier alpha value is -1.75. The monoisotopic (exact) mass is 219 g/mol. The van der Waals surface area contributed by atoms with Crippen LogP contribution in [0.15, 0.2) is 29.1 Å². The van der Waals surface area contributed by atoms with E-state index in [2.05, 4.69) is 9.97 Å². The van der Waals surface area contributed by atoms with Crippen molar-refractivity contribution in [3.05, 3.63) is 46.2 Å². The van der Waals surface area contributed by atoms with Crippen molar-refractivity contribution in [3.8, 4) is 0 Å². The van der Waals surface area contributed by atoms with Gasteiger partial charge in [-0.05, 0) is 28.5 Å². The second-order valence-electron chi connectivity index (χ2n) is 3.03. The summed E-state index contributed by atoms with van der Waals surface area (Å²) in [5.74, 6) is 0.0914. The second-order valence-corrected chi connectivity index (χ2v) is 3.81. The normalized spacial score (nSPS) is 10.1. The zero-order chi connectivity index (χ0) is 10.7. The van der Waals surface area contributed by atoms with E-state index in [4.69, 9.17) is 5.73 Å². The zero-order valence-electron chi connectivity index (χ0n) is 7.88. The van der Waals surface area contributed by atoms with Gasteiger partial charge in [0, 0.05) is 12.6 Å². The molecule has 0 aliphatic heterocycles. The van der Waals surface area contributed by atoms with Crippen molar-refractivity contribution in [3.63, 3.8) is 0 Å². The Labute approximate surface area is 90.8 Å². The first-order chi connectivity index (χ1) is 7.25. The highest BCUT2D eigenvalue weighted by Crippen LogP contribution is 2.09. The van der Waals surface area contributed by atoms with Crippen LogP contribution in [0.4, 0.5) is 0 Å². The smallest absolute Gasteiger partial charge is 0.267 e. The summed E-state index contributed by atoms with van der Waals surface area (Å²) in [6.45, 7) is 0. The first-order valence-electron chi connectivity index (χ1n) is 4.38. The SMILES string of the molecule is NC(=O)c1ccnc(Cc2ccsc2)n1. The van der Waals surface area contributed by atoms with Crippen molar-refractivity contribution in [2.45, 2.75) is 6.42 Å². The van der Waals surface area contributed by atoms with Gasteiger partial charge in [0.15, 0.2) is 0 Å². The fourth-order valence-corrected chi connectivity index (χ4v) is 1.87. The highest BCUT2D eigenvalue weighted by molar-refractivity contribution is 7.07. The molecule has 15 heavy (non-hydrogen) atoms. The summed E-state index contributed by atoms with van der Waals surface area (Å²) in [6.07, 6.45) is 2.18. The van der Waals surface area contributed by atoms with Gasteiger partial charge in [-0.15, -0.1) is 0 Å². The van der Waals surface area contributed by atoms with Gasteiger partial charge in [-0.1, -0.05) is 0 Å². The number of nitrogens with zero attached hydrogens (tertiary/aromatic N) is 2. The molecule has 0 unspecified atom stereocenters. The fourth-order valence-electron chi connectivity index (χ4n) is 1.20. The zero-order valence-corrected chi connectivity index (χ0v) is 8.70. The minimum Gasteiger partial charge on any atom is -0.364 e. The van der Waals surface area contributed by atoms with Gasteiger partial charge in [0.05, 0.1) is 0 Å². The molecule has 0 radical (unpaired) electrons. The number of carbonyl (C=O) groups excluding carboxylic acids is 1. The number of nitrogens with two attached hydrogens (primary N) is 1. The van der Waals surface area contributed by atoms with E-state index in [0.29, 0.717) is 12.2 Å². The highest BCUT2D eigenvalue weighted by Gasteiger charge is 2.05. The van der Waals surface area contributed by atoms with Crippen LogP contribution in [0.3, 0.4) is 0 Å². The molecule has 5 heteroatoms. The minimum atomic E-state index is -0.524. The van der Waals surface area contributed by atoms with Crippen LogP contribution in [0.2, 0.25) is 0 Å². The van der Waals surface area contributed by atoms with Crippen molar-refractivity contribution in [1.82, 2.24) is 9.97 Å². The molecule has 0 bridgehead atoms. The molecule has 2 N–H and O–H groups in total. The molecule has 2 aromatic rings. The molecule has 2 rings (SSSR count). The second kappa shape index (κ2) is 4.18. The molecule has 0 saturated heterocycles. The van der Waals surface area contributed by atoms with E-state index in [9.17, 15) is 4.79 Å². The third kappa shape index (κ3) is 2.38. The number of thiophene rings is 1. The lowest BCUT2D eigenvalue weighted by Gasteiger charge is -1.99. The Morgan fingerprint density at radius 2 is 2.33 bits per heavy atom. The van der Waals surface area contributed by atoms with Crippen molar-refractivity contribution >= 4 is 17.2 Å². The van der Waals surface area contributed by atoms with Crippen LogP contribution in [-0.4, -0.2) is 15.9 Å². The number of primary amides is 1. The molecular formula is C10H9N3OS. The van der Waals surface area contributed by atoms with Crippen LogP contribution in [0, 0.1) is 0 Å². The molecule has 2 aromatic heterocycles. The quantitative estimate of drug-likeness (QED) is 0.844. The van der Waals surface area contributed by atoms with Gasteiger partial charge in [-0.25, -0.2) is 9.97 Å². The third-order valence-electron chi connectivity index (χ3n) is 1.90. The van der Waals surface area contributed by atoms with Crippen molar-refractivity contribution in [1.29, 1.82) is 0 Å². The topological polar surface area (TPSA) is 68.9 Å². The lowest BCUT2D eigenvalue weighted by Crippen LogP contribution is -2.14. The van der Waals surface area contributed by atoms with Crippen LogP contribution in [0.5, 0.6) is 0 Å². The summed E-state index contributed by atoms with van der Waals surface area (Å²) >= 11 is 1.62. The minimum absolute atomic E-state index is 0.259. The number of aromatic nitrogens is 2. The fraction of sp³-hybridized carbons (Fsp3) is 0.100. The van der Waals surface area contributed by atoms with E-state index in [1.807, 2.05) is 16.8 Å². The largest absolute Gasteiger partial charge is 0.364 e. The molecule has 0 fully saturated rings. The molecular weight excluding hydrogens is 210 g/mol. The lowest BCUT2D eigenvalue weighted by atomic mass is 10.2. The van der Waals surface area contributed by atoms with Crippen LogP contribution in [0.25, 0.3) is 0 Å². The number of rotatable bonds is 3. The lowest BCUT2D eigenvalue weighted by molar-refractivity contribution is 0.0995. The van der Waals surface area contributed by atoms with E-state index in [1.54, 1.807) is 17.5 Å². The summed E-state index contributed by atoms with van der Waals surface area (Å²) < 4.78 is 0. The number of carbonyl (C=O) groups is 1. The van der Waals surface area contributed by atoms with Gasteiger partial charge >= 0.3 is 0 Å². The Morgan fingerprint density at radius 1 is 1.47 bits per heavy atom. The average molecular weight is 219 g/mol. The van der Waals surface area contributed by atoms with Crippen LogP contribution in [0.1, 0.15) is 21.9 Å². The van der Waals surface area contributed by atoms with E-state index in [1.165, 1.54) is 6.07 Å². The molecule has 0 atom stereocenters. The Kier molecular flexibility index (Phi) is 2.73. The van der Waals surface area contributed by atoms with Crippen molar-refractivity contribution in [2.75, 3.05) is 0 Å². The molecule has 4 nitrogen and oxygen atoms in total. The summed E-state index contributed by atoms with van der Waals surface area (Å²) in [5.41, 5.74) is 6.53. The summed E-state index contributed by atoms with van der Waals surface area (Å²) in [5, 5.41) is 4.02. The standard InChI is InChI=1S/C10H9N3OS/c11-10(14)8-1-3-12-9(13-8)5-7-2-4-15-6-7/h1-4,6H,5H2,(H2,11,14). The molecule has 0 saturated carbocycles. The number of hydrogen-bond acceptors (Lipinski definition) is 4. The van der Waals surface area contributed by atoms with Crippen molar-refractivity contribution < 1.29 is 4.79 Å². The maximum Gasteiger partial charge on any atom is 0.267 e. The van der Waals surface area contributed by atoms with Crippen LogP contribution >= 0.6 is 11.3 Å². The highest BCUT2D eigenvalue weighted by atomic mass is 32.1. The van der Waals surface area contributed by atoms with E-state index >= 15 is 0 Å². The molecule has 1 amide bonds. The molecule has 2 heterocycles. The van der Waals surface area contributed by atoms with Gasteiger partial charge < -0.3 is 5.73 Å². The molecule has 0 aliphatic rings. The van der Waals surface area contributed by atoms with Crippen LogP contribution < -0.4 is 5.73 Å². The Balaban J connectivity index is 2.22. The first-order valence-corrected chi connectivity index (χ1v) is 5.33. The molecule has 0 spiro atoms. The molecule has 0 aliphatic carbocycles.